The first-order valence-electron chi connectivity index (χ1n) is 5.58. The molecule has 1 rings (SSSR count). The first-order valence-corrected chi connectivity index (χ1v) is 5.58. The van der Waals surface area contributed by atoms with Crippen LogP contribution in [0.4, 0.5) is 0 Å². The molecule has 0 saturated carbocycles. The Morgan fingerprint density at radius 2 is 2.17 bits per heavy atom. The van der Waals surface area contributed by atoms with Gasteiger partial charge in [-0.3, -0.25) is 9.59 Å². The lowest BCUT2D eigenvalue weighted by atomic mass is 10.1. The third-order valence-electron chi connectivity index (χ3n) is 2.36. The Hall–Kier alpha value is -2.25. The molecule has 18 heavy (non-hydrogen) atoms. The Morgan fingerprint density at radius 1 is 1.44 bits per heavy atom. The number of carbonyl (C=O) groups is 2. The van der Waals surface area contributed by atoms with Gasteiger partial charge in [0.1, 0.15) is 0 Å². The van der Waals surface area contributed by atoms with E-state index in [9.17, 15) is 9.59 Å². The van der Waals surface area contributed by atoms with E-state index >= 15 is 0 Å². The van der Waals surface area contributed by atoms with E-state index in [0.29, 0.717) is 0 Å². The smallest absolute Gasteiger partial charge is 0.169 e. The average molecular weight is 241 g/mol. The first kappa shape index (κ1) is 13.8. The lowest BCUT2D eigenvalue weighted by Gasteiger charge is -1.96. The Morgan fingerprint density at radius 3 is 2.83 bits per heavy atom. The first-order chi connectivity index (χ1) is 8.50. The van der Waals surface area contributed by atoms with Crippen molar-refractivity contribution < 1.29 is 9.59 Å². The van der Waals surface area contributed by atoms with Crippen molar-refractivity contribution in [2.24, 2.45) is 4.99 Å². The minimum Gasteiger partial charge on any atom is -0.294 e. The van der Waals surface area contributed by atoms with Crippen LogP contribution < -0.4 is 0 Å². The third kappa shape index (κ3) is 4.32. The SMILES string of the molecule is C=C(C(C)=O)C(=O)C/C=C/C1=NC=C=C(C)C=C1. The van der Waals surface area contributed by atoms with Gasteiger partial charge in [0.05, 0.1) is 17.5 Å². The Balaban J connectivity index is 2.58. The minimum atomic E-state index is -0.289. The van der Waals surface area contributed by atoms with Crippen molar-refractivity contribution in [3.05, 3.63) is 54.0 Å². The molecule has 0 amide bonds. The minimum absolute atomic E-state index is 0.0374. The summed E-state index contributed by atoms with van der Waals surface area (Å²) in [4.78, 5) is 26.6. The second-order valence-corrected chi connectivity index (χ2v) is 3.91. The van der Waals surface area contributed by atoms with Crippen molar-refractivity contribution in [3.63, 3.8) is 0 Å². The molecule has 0 aromatic rings. The molecule has 3 heteroatoms. The van der Waals surface area contributed by atoms with Crippen LogP contribution in [0, 0.1) is 0 Å². The maximum absolute atomic E-state index is 11.5. The van der Waals surface area contributed by atoms with Gasteiger partial charge in [-0.2, -0.15) is 0 Å². The lowest BCUT2D eigenvalue weighted by molar-refractivity contribution is -0.119. The molecular formula is C15H15NO2. The summed E-state index contributed by atoms with van der Waals surface area (Å²) in [6.07, 6.45) is 8.88. The highest BCUT2D eigenvalue weighted by atomic mass is 16.1. The molecule has 0 radical (unpaired) electrons. The van der Waals surface area contributed by atoms with Crippen LogP contribution in [0.25, 0.3) is 0 Å². The second kappa shape index (κ2) is 6.48. The zero-order valence-electron chi connectivity index (χ0n) is 10.6. The van der Waals surface area contributed by atoms with Crippen LogP contribution in [0.2, 0.25) is 0 Å². The molecule has 0 aliphatic carbocycles. The van der Waals surface area contributed by atoms with E-state index in [0.717, 1.165) is 11.3 Å². The van der Waals surface area contributed by atoms with Gasteiger partial charge in [0, 0.05) is 6.42 Å². The zero-order valence-corrected chi connectivity index (χ0v) is 10.6. The third-order valence-corrected chi connectivity index (χ3v) is 2.36. The zero-order chi connectivity index (χ0) is 13.5. The maximum Gasteiger partial charge on any atom is 0.169 e. The van der Waals surface area contributed by atoms with Crippen molar-refractivity contribution in [2.45, 2.75) is 20.3 Å². The van der Waals surface area contributed by atoms with Crippen LogP contribution in [-0.4, -0.2) is 17.3 Å². The summed E-state index contributed by atoms with van der Waals surface area (Å²) in [5.74, 6) is -0.551. The molecule has 1 aliphatic heterocycles. The van der Waals surface area contributed by atoms with Gasteiger partial charge in [-0.15, -0.1) is 0 Å². The van der Waals surface area contributed by atoms with Gasteiger partial charge in [0.15, 0.2) is 11.6 Å². The van der Waals surface area contributed by atoms with Gasteiger partial charge in [0.25, 0.3) is 0 Å². The summed E-state index contributed by atoms with van der Waals surface area (Å²) >= 11 is 0. The molecule has 0 atom stereocenters. The van der Waals surface area contributed by atoms with Crippen LogP contribution >= 0.6 is 0 Å². The molecule has 0 spiro atoms. The summed E-state index contributed by atoms with van der Waals surface area (Å²) < 4.78 is 0. The maximum atomic E-state index is 11.5. The second-order valence-electron chi connectivity index (χ2n) is 3.91. The fourth-order valence-corrected chi connectivity index (χ4v) is 1.21. The molecule has 92 valence electrons. The van der Waals surface area contributed by atoms with Crippen LogP contribution in [-0.2, 0) is 9.59 Å². The highest BCUT2D eigenvalue weighted by molar-refractivity contribution is 6.19. The van der Waals surface area contributed by atoms with E-state index < -0.39 is 0 Å². The normalized spacial score (nSPS) is 14.1. The van der Waals surface area contributed by atoms with Gasteiger partial charge in [-0.25, -0.2) is 4.99 Å². The molecule has 0 unspecified atom stereocenters. The van der Waals surface area contributed by atoms with E-state index in [4.69, 9.17) is 0 Å². The molecule has 0 saturated heterocycles. The number of hydrogen-bond acceptors (Lipinski definition) is 3. The van der Waals surface area contributed by atoms with Gasteiger partial charge >= 0.3 is 0 Å². The number of carbonyl (C=O) groups excluding carboxylic acids is 2. The van der Waals surface area contributed by atoms with E-state index in [1.165, 1.54) is 6.92 Å². The quantitative estimate of drug-likeness (QED) is 0.321. The van der Waals surface area contributed by atoms with E-state index in [1.54, 1.807) is 18.4 Å². The van der Waals surface area contributed by atoms with E-state index in [-0.39, 0.29) is 23.6 Å². The van der Waals surface area contributed by atoms with Crippen molar-refractivity contribution in [3.8, 4) is 0 Å². The van der Waals surface area contributed by atoms with Crippen molar-refractivity contribution in [1.82, 2.24) is 0 Å². The number of rotatable bonds is 5. The number of ketones is 2. The fraction of sp³-hybridized carbons (Fsp3) is 0.200. The molecule has 3 nitrogen and oxygen atoms in total. The van der Waals surface area contributed by atoms with Crippen molar-refractivity contribution >= 4 is 17.3 Å². The lowest BCUT2D eigenvalue weighted by Crippen LogP contribution is -2.07. The Bertz CT molecular complexity index is 539. The summed E-state index contributed by atoms with van der Waals surface area (Å²) in [7, 11) is 0. The number of hydrogen-bond donors (Lipinski definition) is 0. The van der Waals surface area contributed by atoms with Crippen molar-refractivity contribution in [2.75, 3.05) is 0 Å². The molecular weight excluding hydrogens is 226 g/mol. The number of aliphatic imine (C=N–C) groups is 1. The van der Waals surface area contributed by atoms with Crippen molar-refractivity contribution in [1.29, 1.82) is 0 Å². The van der Waals surface area contributed by atoms with Gasteiger partial charge in [0.2, 0.25) is 0 Å². The van der Waals surface area contributed by atoms with Gasteiger partial charge in [-0.05, 0) is 37.6 Å². The molecule has 0 fully saturated rings. The summed E-state index contributed by atoms with van der Waals surface area (Å²) in [5.41, 5.74) is 4.73. The molecule has 0 aromatic carbocycles. The van der Waals surface area contributed by atoms with Gasteiger partial charge < -0.3 is 0 Å². The summed E-state index contributed by atoms with van der Waals surface area (Å²) in [6, 6.07) is 0. The largest absolute Gasteiger partial charge is 0.294 e. The van der Waals surface area contributed by atoms with Crippen LogP contribution in [0.5, 0.6) is 0 Å². The molecule has 1 heterocycles. The fourth-order valence-electron chi connectivity index (χ4n) is 1.21. The highest BCUT2D eigenvalue weighted by Gasteiger charge is 2.09. The van der Waals surface area contributed by atoms with E-state index in [1.807, 2.05) is 19.1 Å². The van der Waals surface area contributed by atoms with Crippen LogP contribution in [0.1, 0.15) is 20.3 Å². The molecule has 0 aromatic heterocycles. The average Bonchev–Trinajstić information content (AvgIpc) is 2.53. The van der Waals surface area contributed by atoms with Crippen LogP contribution in [0.15, 0.2) is 59.0 Å². The Labute approximate surface area is 107 Å². The van der Waals surface area contributed by atoms with Gasteiger partial charge in [-0.1, -0.05) is 18.4 Å². The number of allylic oxidation sites excluding steroid dienone is 6. The predicted molar refractivity (Wildman–Crippen MR) is 72.4 cm³/mol. The Kier molecular flexibility index (Phi) is 4.97. The van der Waals surface area contributed by atoms with E-state index in [2.05, 4.69) is 17.3 Å². The summed E-state index contributed by atoms with van der Waals surface area (Å²) in [6.45, 7) is 6.71. The highest BCUT2D eigenvalue weighted by Crippen LogP contribution is 2.02. The summed E-state index contributed by atoms with van der Waals surface area (Å²) in [5, 5.41) is 0. The monoisotopic (exact) mass is 241 g/mol. The molecule has 0 bridgehead atoms. The standard InChI is InChI=1S/C15H15NO2/c1-11-7-8-14(16-10-9-11)5-4-6-15(18)12(2)13(3)17/h4-5,7-8,10H,2,6H2,1,3H3/b5-4+. The number of Topliss-reactive ketones (excluding diaryl/α,β-unsaturated/α-hetero) is 2. The molecule has 0 N–H and O–H groups in total. The topological polar surface area (TPSA) is 46.5 Å². The number of nitrogens with zero attached hydrogens (tertiary/aromatic N) is 1. The molecule has 1 aliphatic rings. The van der Waals surface area contributed by atoms with Crippen LogP contribution in [0.3, 0.4) is 0 Å². The predicted octanol–water partition coefficient (Wildman–Crippen LogP) is 2.72.